The van der Waals surface area contributed by atoms with E-state index in [1.165, 1.54) is 0 Å². The van der Waals surface area contributed by atoms with Crippen molar-refractivity contribution in [2.24, 2.45) is 0 Å². The average Bonchev–Trinajstić information content (AvgIpc) is 2.18. The van der Waals surface area contributed by atoms with E-state index in [1.807, 2.05) is 18.2 Å². The quantitative estimate of drug-likeness (QED) is 0.467. The van der Waals surface area contributed by atoms with Gasteiger partial charge in [-0.2, -0.15) is 0 Å². The minimum atomic E-state index is -1.64. The van der Waals surface area contributed by atoms with Gasteiger partial charge < -0.3 is 0 Å². The fourth-order valence-corrected chi connectivity index (χ4v) is 5.95. The summed E-state index contributed by atoms with van der Waals surface area (Å²) < 4.78 is 0. The Labute approximate surface area is 93.4 Å². The van der Waals surface area contributed by atoms with Crippen LogP contribution < -0.4 is 0 Å². The zero-order valence-electron chi connectivity index (χ0n) is 9.36. The van der Waals surface area contributed by atoms with Gasteiger partial charge in [-0.25, -0.2) is 0 Å². The molecule has 0 aliphatic rings. The molecule has 0 saturated carbocycles. The summed E-state index contributed by atoms with van der Waals surface area (Å²) in [4.78, 5) is 0. The molecule has 2 nitrogen and oxygen atoms in total. The summed E-state index contributed by atoms with van der Waals surface area (Å²) in [5.74, 6) is 0. The van der Waals surface area contributed by atoms with Gasteiger partial charge in [0.2, 0.25) is 0 Å². The van der Waals surface area contributed by atoms with E-state index in [4.69, 9.17) is 5.11 Å². The van der Waals surface area contributed by atoms with Crippen molar-refractivity contribution in [3.8, 4) is 0 Å². The third-order valence-corrected chi connectivity index (χ3v) is 7.41. The van der Waals surface area contributed by atoms with Crippen LogP contribution in [0.4, 0.5) is 0 Å². The van der Waals surface area contributed by atoms with Crippen LogP contribution in [-0.4, -0.2) is 47.6 Å². The van der Waals surface area contributed by atoms with Crippen LogP contribution in [0.15, 0.2) is 38.0 Å². The van der Waals surface area contributed by atoms with E-state index in [0.717, 1.165) is 18.5 Å². The van der Waals surface area contributed by atoms with Crippen LogP contribution in [0.1, 0.15) is 0 Å². The molecular weight excluding hydrogens is 207 g/mol. The van der Waals surface area contributed by atoms with Gasteiger partial charge in [-0.15, -0.1) is 0 Å². The third kappa shape index (κ3) is 5.27. The molecule has 15 heavy (non-hydrogen) atoms. The molecule has 88 valence electrons. The molecule has 0 heterocycles. The van der Waals surface area contributed by atoms with Crippen LogP contribution in [0, 0.1) is 0 Å². The second kappa shape index (κ2) is 7.81. The van der Waals surface area contributed by atoms with Crippen LogP contribution >= 0.6 is 7.26 Å². The van der Waals surface area contributed by atoms with Gasteiger partial charge in [0.05, 0.1) is 0 Å². The molecule has 0 rings (SSSR count). The van der Waals surface area contributed by atoms with Gasteiger partial charge in [0.15, 0.2) is 0 Å². The number of hydrogen-bond donors (Lipinski definition) is 2. The molecule has 0 saturated heterocycles. The summed E-state index contributed by atoms with van der Waals surface area (Å²) in [6.07, 6.45) is 8.59. The zero-order valence-corrected chi connectivity index (χ0v) is 10.4. The Morgan fingerprint density at radius 2 is 1.40 bits per heavy atom. The zero-order chi connectivity index (χ0) is 11.7. The van der Waals surface area contributed by atoms with E-state index in [0.29, 0.717) is 6.16 Å². The summed E-state index contributed by atoms with van der Waals surface area (Å²) in [6.45, 7) is 11.1. The number of aliphatic hydroxyl groups excluding tert-OH is 2. The van der Waals surface area contributed by atoms with Crippen LogP contribution in [0.2, 0.25) is 0 Å². The molecule has 1 unspecified atom stereocenters. The fraction of sp³-hybridized carbons (Fsp3) is 0.500. The maximum atomic E-state index is 9.56. The molecule has 3 heteroatoms. The standard InChI is InChI=1S/C12H23O2P/c1-4-7-15(8-5-2,9-6-3)11-12(14)10-13/h4-6,12-15H,1-3,7-11H2. The molecule has 0 aromatic rings. The number of rotatable bonds is 9. The van der Waals surface area contributed by atoms with Crippen molar-refractivity contribution < 1.29 is 10.2 Å². The third-order valence-electron chi connectivity index (χ3n) is 2.61. The van der Waals surface area contributed by atoms with Gasteiger partial charge in [0.25, 0.3) is 0 Å². The Balaban J connectivity index is 4.65. The first-order valence-electron chi connectivity index (χ1n) is 5.25. The summed E-state index contributed by atoms with van der Waals surface area (Å²) in [7, 11) is -1.64. The average molecular weight is 230 g/mol. The van der Waals surface area contributed by atoms with Crippen LogP contribution in [0.25, 0.3) is 0 Å². The first-order valence-corrected chi connectivity index (χ1v) is 8.08. The normalized spacial score (nSPS) is 14.3. The van der Waals surface area contributed by atoms with E-state index in [1.54, 1.807) is 0 Å². The summed E-state index contributed by atoms with van der Waals surface area (Å²) >= 11 is 0. The van der Waals surface area contributed by atoms with E-state index in [2.05, 4.69) is 19.7 Å². The van der Waals surface area contributed by atoms with Crippen LogP contribution in [0.3, 0.4) is 0 Å². The summed E-state index contributed by atoms with van der Waals surface area (Å²) in [5, 5.41) is 18.5. The van der Waals surface area contributed by atoms with Gasteiger partial charge in [-0.3, -0.25) is 0 Å². The van der Waals surface area contributed by atoms with E-state index in [-0.39, 0.29) is 6.61 Å². The molecular formula is C12H23O2P. The molecule has 0 amide bonds. The molecule has 0 aliphatic carbocycles. The number of allylic oxidation sites excluding steroid dienone is 3. The van der Waals surface area contributed by atoms with Crippen molar-refractivity contribution >= 4 is 7.26 Å². The van der Waals surface area contributed by atoms with Gasteiger partial charge in [0, 0.05) is 0 Å². The summed E-state index contributed by atoms with van der Waals surface area (Å²) in [6, 6.07) is 0. The second-order valence-electron chi connectivity index (χ2n) is 4.02. The molecule has 0 aromatic carbocycles. The van der Waals surface area contributed by atoms with Gasteiger partial charge in [-0.05, 0) is 0 Å². The van der Waals surface area contributed by atoms with Crippen molar-refractivity contribution in [2.75, 3.05) is 31.3 Å². The first-order chi connectivity index (χ1) is 7.14. The van der Waals surface area contributed by atoms with Crippen LogP contribution in [-0.2, 0) is 0 Å². The van der Waals surface area contributed by atoms with Crippen LogP contribution in [0.5, 0.6) is 0 Å². The van der Waals surface area contributed by atoms with E-state index >= 15 is 0 Å². The van der Waals surface area contributed by atoms with E-state index in [9.17, 15) is 5.11 Å². The summed E-state index contributed by atoms with van der Waals surface area (Å²) in [5.41, 5.74) is 0. The fourth-order valence-electron chi connectivity index (χ4n) is 1.98. The van der Waals surface area contributed by atoms with E-state index < -0.39 is 13.4 Å². The molecule has 0 spiro atoms. The predicted molar refractivity (Wildman–Crippen MR) is 71.5 cm³/mol. The molecule has 2 N–H and O–H groups in total. The molecule has 0 radical (unpaired) electrons. The van der Waals surface area contributed by atoms with Gasteiger partial charge in [-0.1, -0.05) is 0 Å². The molecule has 1 atom stereocenters. The second-order valence-corrected chi connectivity index (χ2v) is 8.65. The molecule has 0 aromatic heterocycles. The number of hydrogen-bond acceptors (Lipinski definition) is 2. The molecule has 0 fully saturated rings. The maximum absolute atomic E-state index is 9.56. The van der Waals surface area contributed by atoms with Gasteiger partial charge >= 0.3 is 92.8 Å². The molecule has 0 bridgehead atoms. The Hall–Kier alpha value is -0.430. The Morgan fingerprint density at radius 1 is 1.00 bits per heavy atom. The van der Waals surface area contributed by atoms with Crippen molar-refractivity contribution in [1.29, 1.82) is 0 Å². The van der Waals surface area contributed by atoms with Gasteiger partial charge in [0.1, 0.15) is 0 Å². The SMILES string of the molecule is C=CC[PH](CC=C)(CC=C)CC(O)CO. The Kier molecular flexibility index (Phi) is 7.59. The topological polar surface area (TPSA) is 40.5 Å². The van der Waals surface area contributed by atoms with Crippen molar-refractivity contribution in [3.63, 3.8) is 0 Å². The minimum absolute atomic E-state index is 0.166. The van der Waals surface area contributed by atoms with Crippen molar-refractivity contribution in [3.05, 3.63) is 38.0 Å². The Bertz CT molecular complexity index is 187. The molecule has 0 aliphatic heterocycles. The van der Waals surface area contributed by atoms with Crippen molar-refractivity contribution in [2.45, 2.75) is 6.10 Å². The first kappa shape index (κ1) is 14.6. The Morgan fingerprint density at radius 3 is 1.67 bits per heavy atom. The van der Waals surface area contributed by atoms with Crippen molar-refractivity contribution in [1.82, 2.24) is 0 Å². The monoisotopic (exact) mass is 230 g/mol. The predicted octanol–water partition coefficient (Wildman–Crippen LogP) is 1.65. The number of aliphatic hydroxyl groups is 2.